The summed E-state index contributed by atoms with van der Waals surface area (Å²) in [5.41, 5.74) is 9.49. The fourth-order valence-electron chi connectivity index (χ4n) is 2.53. The van der Waals surface area contributed by atoms with Gasteiger partial charge in [0.15, 0.2) is 0 Å². The monoisotopic (exact) mass is 272 g/mol. The van der Waals surface area contributed by atoms with Crippen molar-refractivity contribution in [3.8, 4) is 0 Å². The molecule has 106 valence electrons. The van der Waals surface area contributed by atoms with Crippen molar-refractivity contribution in [2.45, 2.75) is 19.4 Å². The zero-order valence-electron chi connectivity index (χ0n) is 12.0. The van der Waals surface area contributed by atoms with Crippen molar-refractivity contribution >= 4 is 5.69 Å². The van der Waals surface area contributed by atoms with E-state index in [4.69, 9.17) is 5.73 Å². The first kappa shape index (κ1) is 14.5. The second-order valence-corrected chi connectivity index (χ2v) is 4.89. The number of halogens is 1. The molecule has 0 heterocycles. The summed E-state index contributed by atoms with van der Waals surface area (Å²) >= 11 is 0. The first-order valence-corrected chi connectivity index (χ1v) is 6.93. The van der Waals surface area contributed by atoms with Crippen LogP contribution in [-0.2, 0) is 6.42 Å². The second kappa shape index (κ2) is 6.53. The third-order valence-electron chi connectivity index (χ3n) is 3.72. The highest BCUT2D eigenvalue weighted by molar-refractivity contribution is 5.49. The summed E-state index contributed by atoms with van der Waals surface area (Å²) in [7, 11) is 2.00. The van der Waals surface area contributed by atoms with Crippen LogP contribution in [0.5, 0.6) is 0 Å². The molecule has 0 amide bonds. The van der Waals surface area contributed by atoms with Crippen LogP contribution in [0, 0.1) is 5.82 Å². The van der Waals surface area contributed by atoms with E-state index in [0.29, 0.717) is 6.54 Å². The highest BCUT2D eigenvalue weighted by Gasteiger charge is 2.18. The van der Waals surface area contributed by atoms with Crippen molar-refractivity contribution in [2.75, 3.05) is 18.5 Å². The molecule has 0 aliphatic heterocycles. The molecule has 0 radical (unpaired) electrons. The number of aryl methyl sites for hydroxylation is 1. The van der Waals surface area contributed by atoms with Crippen molar-refractivity contribution in [1.82, 2.24) is 0 Å². The second-order valence-electron chi connectivity index (χ2n) is 4.89. The molecule has 0 aliphatic rings. The molecule has 0 bridgehead atoms. The standard InChI is InChI=1S/C17H21FN2/c1-3-13-6-4-5-7-16(13)17(12-19)20(2)15-10-8-14(18)9-11-15/h4-11,17H,3,12,19H2,1-2H3. The van der Waals surface area contributed by atoms with Crippen LogP contribution in [0.15, 0.2) is 48.5 Å². The van der Waals surface area contributed by atoms with E-state index in [9.17, 15) is 4.39 Å². The van der Waals surface area contributed by atoms with E-state index in [1.807, 2.05) is 19.2 Å². The van der Waals surface area contributed by atoms with Gasteiger partial charge in [0.05, 0.1) is 6.04 Å². The number of nitrogens with zero attached hydrogens (tertiary/aromatic N) is 1. The molecule has 2 aromatic rings. The van der Waals surface area contributed by atoms with Crippen molar-refractivity contribution in [2.24, 2.45) is 5.73 Å². The van der Waals surface area contributed by atoms with Crippen LogP contribution in [0.3, 0.4) is 0 Å². The maximum absolute atomic E-state index is 13.0. The van der Waals surface area contributed by atoms with Gasteiger partial charge in [-0.15, -0.1) is 0 Å². The Morgan fingerprint density at radius 1 is 1.10 bits per heavy atom. The number of hydrogen-bond acceptors (Lipinski definition) is 2. The summed E-state index contributed by atoms with van der Waals surface area (Å²) in [6, 6.07) is 15.0. The fourth-order valence-corrected chi connectivity index (χ4v) is 2.53. The minimum atomic E-state index is -0.222. The van der Waals surface area contributed by atoms with Gasteiger partial charge in [0.2, 0.25) is 0 Å². The van der Waals surface area contributed by atoms with E-state index >= 15 is 0 Å². The van der Waals surface area contributed by atoms with Gasteiger partial charge < -0.3 is 10.6 Å². The molecule has 0 aliphatic carbocycles. The Morgan fingerprint density at radius 2 is 1.75 bits per heavy atom. The van der Waals surface area contributed by atoms with Crippen LogP contribution in [-0.4, -0.2) is 13.6 Å². The molecule has 2 aromatic carbocycles. The zero-order valence-corrected chi connectivity index (χ0v) is 12.0. The summed E-state index contributed by atoms with van der Waals surface area (Å²) in [6.45, 7) is 2.66. The van der Waals surface area contributed by atoms with Crippen molar-refractivity contribution in [1.29, 1.82) is 0 Å². The molecular weight excluding hydrogens is 251 g/mol. The number of anilines is 1. The summed E-state index contributed by atoms with van der Waals surface area (Å²) in [5.74, 6) is -0.222. The minimum Gasteiger partial charge on any atom is -0.366 e. The highest BCUT2D eigenvalue weighted by Crippen LogP contribution is 2.27. The van der Waals surface area contributed by atoms with Crippen molar-refractivity contribution < 1.29 is 4.39 Å². The average Bonchev–Trinajstić information content (AvgIpc) is 2.49. The number of nitrogens with two attached hydrogens (primary N) is 1. The van der Waals surface area contributed by atoms with Crippen LogP contribution in [0.4, 0.5) is 10.1 Å². The van der Waals surface area contributed by atoms with E-state index in [1.54, 1.807) is 12.1 Å². The summed E-state index contributed by atoms with van der Waals surface area (Å²) in [5, 5.41) is 0. The van der Waals surface area contributed by atoms with E-state index in [0.717, 1.165) is 12.1 Å². The van der Waals surface area contributed by atoms with Gasteiger partial charge in [-0.25, -0.2) is 4.39 Å². The fraction of sp³-hybridized carbons (Fsp3) is 0.294. The topological polar surface area (TPSA) is 29.3 Å². The molecule has 2 N–H and O–H groups in total. The van der Waals surface area contributed by atoms with Gasteiger partial charge in [-0.2, -0.15) is 0 Å². The number of benzene rings is 2. The predicted octanol–water partition coefficient (Wildman–Crippen LogP) is 3.52. The molecule has 2 rings (SSSR count). The molecule has 2 nitrogen and oxygen atoms in total. The van der Waals surface area contributed by atoms with Gasteiger partial charge in [-0.05, 0) is 41.8 Å². The lowest BCUT2D eigenvalue weighted by Gasteiger charge is -2.31. The van der Waals surface area contributed by atoms with Crippen LogP contribution in [0.1, 0.15) is 24.1 Å². The molecule has 0 aromatic heterocycles. The van der Waals surface area contributed by atoms with Crippen LogP contribution >= 0.6 is 0 Å². The molecule has 0 saturated heterocycles. The first-order chi connectivity index (χ1) is 9.67. The Morgan fingerprint density at radius 3 is 2.35 bits per heavy atom. The molecule has 1 atom stereocenters. The van der Waals surface area contributed by atoms with E-state index in [-0.39, 0.29) is 11.9 Å². The maximum atomic E-state index is 13.0. The molecule has 20 heavy (non-hydrogen) atoms. The molecule has 0 fully saturated rings. The predicted molar refractivity (Wildman–Crippen MR) is 82.4 cm³/mol. The van der Waals surface area contributed by atoms with Gasteiger partial charge in [-0.3, -0.25) is 0 Å². The largest absolute Gasteiger partial charge is 0.366 e. The Kier molecular flexibility index (Phi) is 4.74. The SMILES string of the molecule is CCc1ccccc1C(CN)N(C)c1ccc(F)cc1. The maximum Gasteiger partial charge on any atom is 0.123 e. The lowest BCUT2D eigenvalue weighted by molar-refractivity contribution is 0.626. The number of likely N-dealkylation sites (N-methyl/N-ethyl adjacent to an activating group) is 1. The third kappa shape index (κ3) is 2.99. The zero-order chi connectivity index (χ0) is 14.5. The van der Waals surface area contributed by atoms with E-state index in [2.05, 4.69) is 24.0 Å². The van der Waals surface area contributed by atoms with E-state index in [1.165, 1.54) is 23.3 Å². The lowest BCUT2D eigenvalue weighted by atomic mass is 9.97. The van der Waals surface area contributed by atoms with Gasteiger partial charge in [0.25, 0.3) is 0 Å². The first-order valence-electron chi connectivity index (χ1n) is 6.93. The van der Waals surface area contributed by atoms with Crippen molar-refractivity contribution in [3.05, 3.63) is 65.5 Å². The number of rotatable bonds is 5. The van der Waals surface area contributed by atoms with Gasteiger partial charge in [-0.1, -0.05) is 31.2 Å². The summed E-state index contributed by atoms with van der Waals surface area (Å²) < 4.78 is 13.0. The van der Waals surface area contributed by atoms with Crippen LogP contribution < -0.4 is 10.6 Å². The average molecular weight is 272 g/mol. The van der Waals surface area contributed by atoms with Gasteiger partial charge in [0.1, 0.15) is 5.82 Å². The quantitative estimate of drug-likeness (QED) is 0.902. The molecule has 3 heteroatoms. The Hall–Kier alpha value is -1.87. The Bertz CT molecular complexity index is 551. The number of hydrogen-bond donors (Lipinski definition) is 1. The highest BCUT2D eigenvalue weighted by atomic mass is 19.1. The Balaban J connectivity index is 2.34. The molecular formula is C17H21FN2. The van der Waals surface area contributed by atoms with Crippen molar-refractivity contribution in [3.63, 3.8) is 0 Å². The smallest absolute Gasteiger partial charge is 0.123 e. The normalized spacial score (nSPS) is 12.2. The van der Waals surface area contributed by atoms with E-state index < -0.39 is 0 Å². The molecule has 0 saturated carbocycles. The summed E-state index contributed by atoms with van der Waals surface area (Å²) in [6.07, 6.45) is 0.976. The molecule has 1 unspecified atom stereocenters. The third-order valence-corrected chi connectivity index (χ3v) is 3.72. The molecule has 0 spiro atoms. The van der Waals surface area contributed by atoms with Crippen LogP contribution in [0.2, 0.25) is 0 Å². The van der Waals surface area contributed by atoms with Crippen LogP contribution in [0.25, 0.3) is 0 Å². The summed E-state index contributed by atoms with van der Waals surface area (Å²) in [4.78, 5) is 2.11. The lowest BCUT2D eigenvalue weighted by Crippen LogP contribution is -2.31. The minimum absolute atomic E-state index is 0.0941. The van der Waals surface area contributed by atoms with Gasteiger partial charge >= 0.3 is 0 Å². The van der Waals surface area contributed by atoms with Gasteiger partial charge in [0, 0.05) is 19.3 Å². The Labute approximate surface area is 120 Å².